The van der Waals surface area contributed by atoms with Gasteiger partial charge in [0.15, 0.2) is 0 Å². The number of benzene rings is 3. The highest BCUT2D eigenvalue weighted by molar-refractivity contribution is 7.24. The van der Waals surface area contributed by atoms with Gasteiger partial charge in [-0.2, -0.15) is 0 Å². The SMILES string of the molecule is Cc1sc2c(-c3cc4ccnc(-c5cc(C(C)(C)C)c6ccccc6c5)c4s3)cccc2c1CC(C)C. The van der Waals surface area contributed by atoms with Crippen LogP contribution in [0.25, 0.3) is 52.6 Å². The van der Waals surface area contributed by atoms with Gasteiger partial charge in [0.25, 0.3) is 0 Å². The van der Waals surface area contributed by atoms with Crippen LogP contribution in [0.2, 0.25) is 0 Å². The van der Waals surface area contributed by atoms with Crippen LogP contribution in [0.5, 0.6) is 0 Å². The molecule has 0 aliphatic rings. The number of nitrogens with zero attached hydrogens (tertiary/aromatic N) is 1. The quantitative estimate of drug-likeness (QED) is 0.226. The summed E-state index contributed by atoms with van der Waals surface area (Å²) < 4.78 is 2.68. The summed E-state index contributed by atoms with van der Waals surface area (Å²) >= 11 is 3.83. The van der Waals surface area contributed by atoms with Crippen molar-refractivity contribution in [3.63, 3.8) is 0 Å². The van der Waals surface area contributed by atoms with Crippen molar-refractivity contribution in [2.75, 3.05) is 0 Å². The first-order valence-corrected chi connectivity index (χ1v) is 14.8. The molecule has 0 unspecified atom stereocenters. The van der Waals surface area contributed by atoms with E-state index in [9.17, 15) is 0 Å². The van der Waals surface area contributed by atoms with Crippen molar-refractivity contribution in [1.29, 1.82) is 0 Å². The van der Waals surface area contributed by atoms with Gasteiger partial charge in [0, 0.05) is 31.8 Å². The zero-order valence-electron chi connectivity index (χ0n) is 22.5. The highest BCUT2D eigenvalue weighted by Gasteiger charge is 2.21. The minimum absolute atomic E-state index is 0.0461. The molecule has 0 aliphatic carbocycles. The summed E-state index contributed by atoms with van der Waals surface area (Å²) in [5, 5.41) is 5.30. The number of hydrogen-bond acceptors (Lipinski definition) is 3. The third-order valence-electron chi connectivity index (χ3n) is 7.27. The molecule has 3 aromatic heterocycles. The molecule has 3 aromatic carbocycles. The molecule has 3 heterocycles. The Labute approximate surface area is 227 Å². The van der Waals surface area contributed by atoms with Crippen molar-refractivity contribution >= 4 is 53.6 Å². The molecule has 0 aliphatic heterocycles. The molecule has 0 spiro atoms. The number of aromatic nitrogens is 1. The third-order valence-corrected chi connectivity index (χ3v) is 9.66. The lowest BCUT2D eigenvalue weighted by Crippen LogP contribution is -2.12. The minimum Gasteiger partial charge on any atom is -0.255 e. The molecule has 0 saturated carbocycles. The van der Waals surface area contributed by atoms with E-state index in [1.165, 1.54) is 63.0 Å². The molecule has 0 radical (unpaired) electrons. The Hall–Kier alpha value is -3.01. The van der Waals surface area contributed by atoms with Crippen molar-refractivity contribution < 1.29 is 0 Å². The zero-order chi connectivity index (χ0) is 25.9. The lowest BCUT2D eigenvalue weighted by Gasteiger charge is -2.22. The van der Waals surface area contributed by atoms with E-state index in [-0.39, 0.29) is 5.41 Å². The summed E-state index contributed by atoms with van der Waals surface area (Å²) in [6.45, 7) is 13.8. The standard InChI is InChI=1S/C34H33NS2/c1-20(2)16-28-21(3)36-33-26(28)12-9-13-27(33)30-19-23-14-15-35-31(32(23)37-30)24-17-22-10-7-8-11-25(22)29(18-24)34(4,5)6/h7-15,17-20H,16H2,1-6H3. The molecule has 0 bridgehead atoms. The zero-order valence-corrected chi connectivity index (χ0v) is 24.1. The van der Waals surface area contributed by atoms with Gasteiger partial charge in [0.1, 0.15) is 0 Å². The molecule has 1 nitrogen and oxygen atoms in total. The van der Waals surface area contributed by atoms with E-state index >= 15 is 0 Å². The molecule has 6 rings (SSSR count). The molecule has 6 aromatic rings. The predicted octanol–water partition coefficient (Wildman–Crippen LogP) is 10.8. The number of rotatable bonds is 4. The van der Waals surface area contributed by atoms with E-state index in [0.29, 0.717) is 5.92 Å². The average molecular weight is 520 g/mol. The Morgan fingerprint density at radius 1 is 0.811 bits per heavy atom. The summed E-state index contributed by atoms with van der Waals surface area (Å²) in [5.74, 6) is 0.651. The van der Waals surface area contributed by atoms with Crippen LogP contribution in [-0.2, 0) is 11.8 Å². The lowest BCUT2D eigenvalue weighted by atomic mass is 9.82. The lowest BCUT2D eigenvalue weighted by molar-refractivity contribution is 0.596. The van der Waals surface area contributed by atoms with Crippen LogP contribution in [0.15, 0.2) is 72.9 Å². The van der Waals surface area contributed by atoms with Crippen molar-refractivity contribution in [3.05, 3.63) is 88.9 Å². The molecule has 186 valence electrons. The molecule has 3 heteroatoms. The second kappa shape index (κ2) is 9.08. The number of thiophene rings is 2. The van der Waals surface area contributed by atoms with Crippen molar-refractivity contribution in [2.24, 2.45) is 5.92 Å². The molecule has 0 amide bonds. The van der Waals surface area contributed by atoms with Crippen LogP contribution in [0, 0.1) is 12.8 Å². The number of pyridine rings is 1. The second-order valence-corrected chi connectivity index (χ2v) is 13.9. The molecule has 37 heavy (non-hydrogen) atoms. The van der Waals surface area contributed by atoms with Gasteiger partial charge in [-0.1, -0.05) is 77.1 Å². The Kier molecular flexibility index (Phi) is 5.97. The molecular formula is C34H33NS2. The minimum atomic E-state index is 0.0461. The fourth-order valence-corrected chi connectivity index (χ4v) is 7.99. The van der Waals surface area contributed by atoms with E-state index < -0.39 is 0 Å². The predicted molar refractivity (Wildman–Crippen MR) is 165 cm³/mol. The fourth-order valence-electron chi connectivity index (χ4n) is 5.52. The average Bonchev–Trinajstić information content (AvgIpc) is 3.43. The van der Waals surface area contributed by atoms with Crippen LogP contribution in [0.4, 0.5) is 0 Å². The van der Waals surface area contributed by atoms with E-state index in [1.807, 2.05) is 28.9 Å². The van der Waals surface area contributed by atoms with Crippen molar-refractivity contribution in [2.45, 2.75) is 53.4 Å². The Morgan fingerprint density at radius 3 is 2.38 bits per heavy atom. The third kappa shape index (κ3) is 4.28. The van der Waals surface area contributed by atoms with Gasteiger partial charge in [-0.05, 0) is 81.6 Å². The summed E-state index contributed by atoms with van der Waals surface area (Å²) in [4.78, 5) is 7.71. The molecule has 0 saturated heterocycles. The Bertz CT molecular complexity index is 1780. The Morgan fingerprint density at radius 2 is 1.59 bits per heavy atom. The van der Waals surface area contributed by atoms with Crippen molar-refractivity contribution in [3.8, 4) is 21.7 Å². The van der Waals surface area contributed by atoms with Gasteiger partial charge in [-0.15, -0.1) is 22.7 Å². The highest BCUT2D eigenvalue weighted by atomic mass is 32.1. The molecular weight excluding hydrogens is 487 g/mol. The van der Waals surface area contributed by atoms with Gasteiger partial charge in [0.05, 0.1) is 10.4 Å². The summed E-state index contributed by atoms with van der Waals surface area (Å²) in [7, 11) is 0. The van der Waals surface area contributed by atoms with E-state index in [4.69, 9.17) is 4.98 Å². The van der Waals surface area contributed by atoms with Gasteiger partial charge in [-0.25, -0.2) is 0 Å². The van der Waals surface area contributed by atoms with E-state index in [1.54, 1.807) is 0 Å². The topological polar surface area (TPSA) is 12.9 Å². The normalized spacial score (nSPS) is 12.4. The summed E-state index contributed by atoms with van der Waals surface area (Å²) in [6.07, 6.45) is 3.10. The van der Waals surface area contributed by atoms with Crippen LogP contribution >= 0.6 is 22.7 Å². The molecule has 0 N–H and O–H groups in total. The number of fused-ring (bicyclic) bond motifs is 3. The summed E-state index contributed by atoms with van der Waals surface area (Å²) in [5.41, 5.74) is 6.57. The Balaban J connectivity index is 1.55. The van der Waals surface area contributed by atoms with E-state index in [0.717, 1.165) is 12.1 Å². The maximum Gasteiger partial charge on any atom is 0.0880 e. The van der Waals surface area contributed by atoms with Gasteiger partial charge in [-0.3, -0.25) is 4.98 Å². The molecule has 0 atom stereocenters. The summed E-state index contributed by atoms with van der Waals surface area (Å²) in [6, 6.07) is 24.8. The van der Waals surface area contributed by atoms with Crippen LogP contribution in [0.1, 0.15) is 50.6 Å². The maximum absolute atomic E-state index is 4.94. The maximum atomic E-state index is 4.94. The smallest absolute Gasteiger partial charge is 0.0880 e. The fraction of sp³-hybridized carbons (Fsp3) is 0.265. The van der Waals surface area contributed by atoms with Gasteiger partial charge < -0.3 is 0 Å². The monoisotopic (exact) mass is 519 g/mol. The number of aryl methyl sites for hydroxylation is 1. The highest BCUT2D eigenvalue weighted by Crippen LogP contribution is 2.45. The van der Waals surface area contributed by atoms with Crippen LogP contribution < -0.4 is 0 Å². The largest absolute Gasteiger partial charge is 0.255 e. The first kappa shape index (κ1) is 24.3. The van der Waals surface area contributed by atoms with Crippen LogP contribution in [-0.4, -0.2) is 4.98 Å². The first-order chi connectivity index (χ1) is 17.7. The van der Waals surface area contributed by atoms with Gasteiger partial charge in [0.2, 0.25) is 0 Å². The van der Waals surface area contributed by atoms with Crippen LogP contribution in [0.3, 0.4) is 0 Å². The molecule has 0 fully saturated rings. The first-order valence-electron chi connectivity index (χ1n) is 13.1. The van der Waals surface area contributed by atoms with E-state index in [2.05, 4.69) is 108 Å². The second-order valence-electron chi connectivity index (χ2n) is 11.6. The van der Waals surface area contributed by atoms with Gasteiger partial charge >= 0.3 is 0 Å². The number of hydrogen-bond donors (Lipinski definition) is 0. The van der Waals surface area contributed by atoms with Crippen molar-refractivity contribution in [1.82, 2.24) is 4.98 Å².